The first-order valence-corrected chi connectivity index (χ1v) is 19.4. The summed E-state index contributed by atoms with van der Waals surface area (Å²) in [7, 11) is 0. The number of para-hydroxylation sites is 4. The molecule has 0 radical (unpaired) electrons. The van der Waals surface area contributed by atoms with Gasteiger partial charge in [0.2, 0.25) is 0 Å². The maximum atomic E-state index is 13.8. The second-order valence-electron chi connectivity index (χ2n) is 13.0. The van der Waals surface area contributed by atoms with Crippen LogP contribution in [0.25, 0.3) is 0 Å². The Labute approximate surface area is 328 Å². The van der Waals surface area contributed by atoms with Crippen LogP contribution < -0.4 is 29.6 Å². The largest absolute Gasteiger partial charge is 0.490 e. The second-order valence-corrected chi connectivity index (χ2v) is 13.0. The topological polar surface area (TPSA) is 114 Å². The highest BCUT2D eigenvalue weighted by atomic mass is 19.1. The SMILES string of the molecule is CCCOc1ccccc1OCCNCCCC(OC(=O)C(=O)OC(CCCNCCOc1ccccc1OCCC)c1ccc(F)cc1)c1ccc(F)cc1. The molecular weight excluding hydrogens is 722 g/mol. The number of esters is 2. The molecule has 0 aliphatic heterocycles. The van der Waals surface area contributed by atoms with Crippen molar-refractivity contribution in [2.45, 2.75) is 64.6 Å². The van der Waals surface area contributed by atoms with E-state index in [4.69, 9.17) is 28.4 Å². The molecule has 0 aromatic heterocycles. The van der Waals surface area contributed by atoms with Crippen molar-refractivity contribution in [3.05, 3.63) is 120 Å². The molecule has 0 heterocycles. The number of halogens is 2. The van der Waals surface area contributed by atoms with E-state index in [9.17, 15) is 18.4 Å². The molecule has 2 atom stereocenters. The van der Waals surface area contributed by atoms with E-state index in [-0.39, 0.29) is 0 Å². The standard InChI is InChI=1S/C44H54F2N2O8/c1-3-29-51-39-11-5-7-13-41(39)53-31-27-47-25-9-15-37(33-17-21-35(45)22-18-33)55-43(49)44(50)56-38(34-19-23-36(46)24-20-34)16-10-26-48-28-32-54-42-14-8-6-12-40(42)52-30-4-2/h5-8,11-14,17-24,37-38,47-48H,3-4,9-10,15-16,25-32H2,1-2H3. The first kappa shape index (κ1) is 43.5. The Kier molecular flexibility index (Phi) is 19.5. The van der Waals surface area contributed by atoms with Crippen LogP contribution >= 0.6 is 0 Å². The molecule has 302 valence electrons. The van der Waals surface area contributed by atoms with Crippen LogP contribution in [0.3, 0.4) is 0 Å². The average Bonchev–Trinajstić information content (AvgIpc) is 3.21. The minimum atomic E-state index is -1.17. The maximum absolute atomic E-state index is 13.8. The van der Waals surface area contributed by atoms with E-state index in [2.05, 4.69) is 10.6 Å². The lowest BCUT2D eigenvalue weighted by Gasteiger charge is -2.21. The fraction of sp³-hybridized carbons (Fsp3) is 0.409. The van der Waals surface area contributed by atoms with Crippen molar-refractivity contribution >= 4 is 11.9 Å². The number of hydrogen-bond acceptors (Lipinski definition) is 10. The molecule has 2 unspecified atom stereocenters. The van der Waals surface area contributed by atoms with Gasteiger partial charge in [-0.25, -0.2) is 18.4 Å². The van der Waals surface area contributed by atoms with E-state index >= 15 is 0 Å². The molecule has 56 heavy (non-hydrogen) atoms. The third-order valence-corrected chi connectivity index (χ3v) is 8.48. The number of carbonyl (C=O) groups excluding carboxylic acids is 2. The molecule has 4 aromatic carbocycles. The fourth-order valence-corrected chi connectivity index (χ4v) is 5.64. The smallest absolute Gasteiger partial charge is 0.418 e. The fourth-order valence-electron chi connectivity index (χ4n) is 5.64. The van der Waals surface area contributed by atoms with Crippen molar-refractivity contribution in [3.8, 4) is 23.0 Å². The van der Waals surface area contributed by atoms with E-state index in [1.54, 1.807) is 0 Å². The van der Waals surface area contributed by atoms with Gasteiger partial charge in [-0.15, -0.1) is 0 Å². The van der Waals surface area contributed by atoms with Gasteiger partial charge in [-0.1, -0.05) is 62.4 Å². The summed E-state index contributed by atoms with van der Waals surface area (Å²) in [4.78, 5) is 26.3. The van der Waals surface area contributed by atoms with Crippen molar-refractivity contribution < 1.29 is 46.8 Å². The first-order valence-electron chi connectivity index (χ1n) is 19.4. The summed E-state index contributed by atoms with van der Waals surface area (Å²) >= 11 is 0. The van der Waals surface area contributed by atoms with Crippen LogP contribution in [-0.4, -0.2) is 64.5 Å². The Hall–Kier alpha value is -5.20. The Balaban J connectivity index is 1.25. The molecular formula is C44H54F2N2O8. The highest BCUT2D eigenvalue weighted by Gasteiger charge is 2.27. The normalized spacial score (nSPS) is 12.0. The number of benzene rings is 4. The minimum Gasteiger partial charge on any atom is -0.490 e. The zero-order valence-electron chi connectivity index (χ0n) is 32.3. The Morgan fingerprint density at radius 2 is 0.839 bits per heavy atom. The van der Waals surface area contributed by atoms with Crippen LogP contribution in [-0.2, 0) is 19.1 Å². The van der Waals surface area contributed by atoms with Crippen LogP contribution in [0.2, 0.25) is 0 Å². The van der Waals surface area contributed by atoms with Gasteiger partial charge in [0.25, 0.3) is 0 Å². The molecule has 12 heteroatoms. The van der Waals surface area contributed by atoms with Gasteiger partial charge in [0.15, 0.2) is 23.0 Å². The van der Waals surface area contributed by atoms with Gasteiger partial charge in [-0.05, 0) is 111 Å². The van der Waals surface area contributed by atoms with Gasteiger partial charge in [0.1, 0.15) is 37.1 Å². The van der Waals surface area contributed by atoms with E-state index in [1.807, 2.05) is 62.4 Å². The van der Waals surface area contributed by atoms with E-state index < -0.39 is 35.8 Å². The maximum Gasteiger partial charge on any atom is 0.418 e. The van der Waals surface area contributed by atoms with Crippen LogP contribution in [0.5, 0.6) is 23.0 Å². The number of nitrogens with one attached hydrogen (secondary N) is 2. The van der Waals surface area contributed by atoms with Gasteiger partial charge in [-0.3, -0.25) is 0 Å². The van der Waals surface area contributed by atoms with Gasteiger partial charge in [0.05, 0.1) is 13.2 Å². The van der Waals surface area contributed by atoms with Gasteiger partial charge in [-0.2, -0.15) is 0 Å². The number of carbonyl (C=O) groups is 2. The molecule has 10 nitrogen and oxygen atoms in total. The second kappa shape index (κ2) is 25.1. The van der Waals surface area contributed by atoms with Crippen molar-refractivity contribution in [2.75, 3.05) is 52.6 Å². The lowest BCUT2D eigenvalue weighted by atomic mass is 10.0. The molecule has 0 saturated carbocycles. The average molecular weight is 777 g/mol. The molecule has 0 saturated heterocycles. The Morgan fingerprint density at radius 3 is 1.18 bits per heavy atom. The van der Waals surface area contributed by atoms with Crippen LogP contribution in [0, 0.1) is 11.6 Å². The molecule has 0 spiro atoms. The van der Waals surface area contributed by atoms with Crippen LogP contribution in [0.4, 0.5) is 8.78 Å². The zero-order valence-corrected chi connectivity index (χ0v) is 32.3. The van der Waals surface area contributed by atoms with Crippen molar-refractivity contribution in [3.63, 3.8) is 0 Å². The third kappa shape index (κ3) is 15.5. The van der Waals surface area contributed by atoms with E-state index in [0.29, 0.717) is 112 Å². The molecule has 0 amide bonds. The van der Waals surface area contributed by atoms with Crippen LogP contribution in [0.15, 0.2) is 97.1 Å². The third-order valence-electron chi connectivity index (χ3n) is 8.48. The number of ether oxygens (including phenoxy) is 6. The quantitative estimate of drug-likeness (QED) is 0.0367. The molecule has 0 aliphatic rings. The van der Waals surface area contributed by atoms with Gasteiger partial charge < -0.3 is 39.1 Å². The van der Waals surface area contributed by atoms with Gasteiger partial charge >= 0.3 is 11.9 Å². The van der Waals surface area contributed by atoms with Crippen molar-refractivity contribution in [2.24, 2.45) is 0 Å². The Morgan fingerprint density at radius 1 is 0.500 bits per heavy atom. The van der Waals surface area contributed by atoms with Gasteiger partial charge in [0, 0.05) is 13.1 Å². The summed E-state index contributed by atoms with van der Waals surface area (Å²) < 4.78 is 62.1. The summed E-state index contributed by atoms with van der Waals surface area (Å²) in [6.45, 7) is 8.39. The summed E-state index contributed by atoms with van der Waals surface area (Å²) in [5.74, 6) is -0.468. The lowest BCUT2D eigenvalue weighted by Crippen LogP contribution is -2.26. The van der Waals surface area contributed by atoms with Crippen LogP contribution in [0.1, 0.15) is 75.7 Å². The van der Waals surface area contributed by atoms with E-state index in [1.165, 1.54) is 48.5 Å². The van der Waals surface area contributed by atoms with Crippen molar-refractivity contribution in [1.29, 1.82) is 0 Å². The minimum absolute atomic E-state index is 0.361. The molecule has 4 rings (SSSR count). The molecule has 0 aliphatic carbocycles. The molecule has 0 bridgehead atoms. The zero-order chi connectivity index (χ0) is 39.8. The van der Waals surface area contributed by atoms with E-state index in [0.717, 1.165) is 12.8 Å². The summed E-state index contributed by atoms with van der Waals surface area (Å²) in [5.41, 5.74) is 1.09. The monoisotopic (exact) mass is 776 g/mol. The van der Waals surface area contributed by atoms with Crippen molar-refractivity contribution in [1.82, 2.24) is 10.6 Å². The Bertz CT molecular complexity index is 1600. The molecule has 2 N–H and O–H groups in total. The molecule has 0 fully saturated rings. The first-order chi connectivity index (χ1) is 27.4. The predicted octanol–water partition coefficient (Wildman–Crippen LogP) is 8.31. The predicted molar refractivity (Wildman–Crippen MR) is 210 cm³/mol. The lowest BCUT2D eigenvalue weighted by molar-refractivity contribution is -0.175. The number of rotatable bonds is 26. The summed E-state index contributed by atoms with van der Waals surface area (Å²) in [6.07, 6.45) is 2.02. The summed E-state index contributed by atoms with van der Waals surface area (Å²) in [6, 6.07) is 26.2. The summed E-state index contributed by atoms with van der Waals surface area (Å²) in [5, 5.41) is 6.62. The highest BCUT2D eigenvalue weighted by molar-refractivity contribution is 6.29. The highest BCUT2D eigenvalue weighted by Crippen LogP contribution is 2.29. The molecule has 4 aromatic rings. The number of hydrogen-bond donors (Lipinski definition) is 2.